The standard InChI is InChI=1S/C22H22N4O2/c1-5-7-15-17(6-2)25-19(14-10-13(3)22(27)18(11-14)28-4)16-8-9-26-21(16)20(15)23-12-24-26/h5-12,19,25,27H,2H2,1,3-4H3. The van der Waals surface area contributed by atoms with Crippen molar-refractivity contribution < 1.29 is 9.84 Å². The summed E-state index contributed by atoms with van der Waals surface area (Å²) in [5, 5.41) is 18.2. The van der Waals surface area contributed by atoms with Crippen LogP contribution < -0.4 is 10.1 Å². The number of rotatable bonds is 4. The number of benzene rings is 1. The van der Waals surface area contributed by atoms with Crippen molar-refractivity contribution in [2.24, 2.45) is 0 Å². The van der Waals surface area contributed by atoms with E-state index in [1.807, 2.05) is 54.9 Å². The summed E-state index contributed by atoms with van der Waals surface area (Å²) in [6.45, 7) is 7.83. The van der Waals surface area contributed by atoms with Crippen LogP contribution in [0.2, 0.25) is 0 Å². The van der Waals surface area contributed by atoms with E-state index in [0.29, 0.717) is 5.75 Å². The van der Waals surface area contributed by atoms with Crippen LogP contribution in [0.25, 0.3) is 11.1 Å². The zero-order valence-electron chi connectivity index (χ0n) is 16.1. The van der Waals surface area contributed by atoms with Gasteiger partial charge in [0.05, 0.1) is 18.7 Å². The van der Waals surface area contributed by atoms with Gasteiger partial charge in [0.2, 0.25) is 0 Å². The summed E-state index contributed by atoms with van der Waals surface area (Å²) in [4.78, 5) is 4.57. The maximum absolute atomic E-state index is 10.3. The van der Waals surface area contributed by atoms with E-state index >= 15 is 0 Å². The number of nitrogens with zero attached hydrogens (tertiary/aromatic N) is 3. The normalized spacial score (nSPS) is 16.3. The van der Waals surface area contributed by atoms with Gasteiger partial charge in [-0.3, -0.25) is 0 Å². The molecule has 0 fully saturated rings. The molecular formula is C22H22N4O2. The van der Waals surface area contributed by atoms with Gasteiger partial charge in [-0.05, 0) is 49.2 Å². The minimum atomic E-state index is -0.182. The third kappa shape index (κ3) is 2.65. The smallest absolute Gasteiger partial charge is 0.161 e. The SMILES string of the molecule is C=CC1=C(C=CC)c2ncnn3ccc(c23)C(c2cc(C)c(O)c(OC)c2)N1. The molecule has 6 heteroatoms. The molecular weight excluding hydrogens is 352 g/mol. The van der Waals surface area contributed by atoms with Gasteiger partial charge in [0, 0.05) is 23.0 Å². The molecule has 0 radical (unpaired) electrons. The highest BCUT2D eigenvalue weighted by Gasteiger charge is 2.27. The van der Waals surface area contributed by atoms with E-state index in [1.165, 1.54) is 0 Å². The number of phenolic OH excluding ortho intramolecular Hbond substituents is 1. The van der Waals surface area contributed by atoms with E-state index in [9.17, 15) is 5.11 Å². The van der Waals surface area contributed by atoms with Crippen molar-refractivity contribution in [3.05, 3.63) is 83.6 Å². The van der Waals surface area contributed by atoms with Crippen molar-refractivity contribution in [1.82, 2.24) is 19.9 Å². The summed E-state index contributed by atoms with van der Waals surface area (Å²) in [5.41, 5.74) is 6.38. The van der Waals surface area contributed by atoms with Crippen LogP contribution in [-0.2, 0) is 0 Å². The maximum atomic E-state index is 10.3. The van der Waals surface area contributed by atoms with Gasteiger partial charge in [-0.2, -0.15) is 5.10 Å². The monoisotopic (exact) mass is 374 g/mol. The predicted molar refractivity (Wildman–Crippen MR) is 109 cm³/mol. The number of methoxy groups -OCH3 is 1. The Morgan fingerprint density at radius 3 is 2.89 bits per heavy atom. The lowest BCUT2D eigenvalue weighted by Gasteiger charge is -2.21. The number of aryl methyl sites for hydroxylation is 1. The Labute approximate surface area is 163 Å². The summed E-state index contributed by atoms with van der Waals surface area (Å²) in [6, 6.07) is 5.68. The first kappa shape index (κ1) is 17.9. The van der Waals surface area contributed by atoms with E-state index in [2.05, 4.69) is 22.0 Å². The fraction of sp³-hybridized carbons (Fsp3) is 0.182. The average molecular weight is 374 g/mol. The molecule has 1 atom stereocenters. The van der Waals surface area contributed by atoms with Crippen LogP contribution in [0, 0.1) is 6.92 Å². The van der Waals surface area contributed by atoms with Crippen molar-refractivity contribution in [1.29, 1.82) is 0 Å². The number of hydrogen-bond donors (Lipinski definition) is 2. The fourth-order valence-corrected chi connectivity index (χ4v) is 3.71. The Morgan fingerprint density at radius 1 is 1.36 bits per heavy atom. The van der Waals surface area contributed by atoms with Crippen molar-refractivity contribution in [2.45, 2.75) is 19.9 Å². The van der Waals surface area contributed by atoms with Crippen LogP contribution in [0.15, 0.2) is 61.2 Å². The number of allylic oxidation sites excluding steroid dienone is 4. The van der Waals surface area contributed by atoms with E-state index < -0.39 is 0 Å². The molecule has 3 aromatic rings. The molecule has 4 rings (SSSR count). The minimum absolute atomic E-state index is 0.153. The molecule has 6 nitrogen and oxygen atoms in total. The molecule has 1 aliphatic rings. The summed E-state index contributed by atoms with van der Waals surface area (Å²) in [5.74, 6) is 0.596. The number of nitrogens with one attached hydrogen (secondary N) is 1. The van der Waals surface area contributed by atoms with Gasteiger partial charge in [-0.15, -0.1) is 0 Å². The summed E-state index contributed by atoms with van der Waals surface area (Å²) in [7, 11) is 1.55. The highest BCUT2D eigenvalue weighted by atomic mass is 16.5. The Balaban J connectivity index is 2.03. The minimum Gasteiger partial charge on any atom is -0.504 e. The molecule has 1 unspecified atom stereocenters. The van der Waals surface area contributed by atoms with Crippen LogP contribution in [0.3, 0.4) is 0 Å². The highest BCUT2D eigenvalue weighted by Crippen LogP contribution is 2.39. The van der Waals surface area contributed by atoms with Crippen LogP contribution in [0.5, 0.6) is 11.5 Å². The predicted octanol–water partition coefficient (Wildman–Crippen LogP) is 3.92. The Kier molecular flexibility index (Phi) is 4.39. The van der Waals surface area contributed by atoms with E-state index in [0.717, 1.165) is 39.2 Å². The van der Waals surface area contributed by atoms with Crippen molar-refractivity contribution in [3.8, 4) is 11.5 Å². The van der Waals surface area contributed by atoms with E-state index in [1.54, 1.807) is 19.5 Å². The molecule has 2 aromatic heterocycles. The molecule has 0 aliphatic carbocycles. The molecule has 0 spiro atoms. The number of hydrogen-bond acceptors (Lipinski definition) is 5. The second kappa shape index (κ2) is 6.88. The zero-order valence-corrected chi connectivity index (χ0v) is 16.1. The van der Waals surface area contributed by atoms with Crippen LogP contribution >= 0.6 is 0 Å². The second-order valence-electron chi connectivity index (χ2n) is 6.67. The first-order valence-electron chi connectivity index (χ1n) is 9.05. The third-order valence-corrected chi connectivity index (χ3v) is 5.02. The largest absolute Gasteiger partial charge is 0.504 e. The Bertz CT molecular complexity index is 1140. The van der Waals surface area contributed by atoms with Gasteiger partial charge < -0.3 is 15.2 Å². The molecule has 142 valence electrons. The summed E-state index contributed by atoms with van der Waals surface area (Å²) < 4.78 is 7.21. The second-order valence-corrected chi connectivity index (χ2v) is 6.67. The number of aromatic hydroxyl groups is 1. The molecule has 28 heavy (non-hydrogen) atoms. The zero-order chi connectivity index (χ0) is 19.8. The van der Waals surface area contributed by atoms with Crippen molar-refractivity contribution >= 4 is 11.1 Å². The average Bonchev–Trinajstić information content (AvgIpc) is 3.08. The molecule has 1 aliphatic heterocycles. The molecule has 0 saturated heterocycles. The fourth-order valence-electron chi connectivity index (χ4n) is 3.71. The summed E-state index contributed by atoms with van der Waals surface area (Å²) >= 11 is 0. The van der Waals surface area contributed by atoms with Crippen molar-refractivity contribution in [2.75, 3.05) is 7.11 Å². The lowest BCUT2D eigenvalue weighted by Crippen LogP contribution is -2.20. The van der Waals surface area contributed by atoms with Crippen LogP contribution in [0.1, 0.15) is 35.3 Å². The molecule has 0 amide bonds. The Morgan fingerprint density at radius 2 is 2.18 bits per heavy atom. The highest BCUT2D eigenvalue weighted by molar-refractivity contribution is 5.87. The quantitative estimate of drug-likeness (QED) is 0.724. The maximum Gasteiger partial charge on any atom is 0.161 e. The third-order valence-electron chi connectivity index (χ3n) is 5.02. The van der Waals surface area contributed by atoms with E-state index in [4.69, 9.17) is 4.74 Å². The molecule has 0 saturated carbocycles. The van der Waals surface area contributed by atoms with Gasteiger partial charge in [0.15, 0.2) is 11.5 Å². The number of ether oxygens (including phenoxy) is 1. The number of phenols is 1. The van der Waals surface area contributed by atoms with Crippen LogP contribution in [-0.4, -0.2) is 26.8 Å². The molecule has 2 N–H and O–H groups in total. The first-order valence-corrected chi connectivity index (χ1v) is 9.05. The molecule has 1 aromatic carbocycles. The first-order chi connectivity index (χ1) is 13.6. The van der Waals surface area contributed by atoms with Crippen molar-refractivity contribution in [3.63, 3.8) is 0 Å². The van der Waals surface area contributed by atoms with Gasteiger partial charge in [-0.25, -0.2) is 9.50 Å². The number of aromatic nitrogens is 3. The van der Waals surface area contributed by atoms with Gasteiger partial charge in [0.1, 0.15) is 12.0 Å². The Hall–Kier alpha value is -3.54. The van der Waals surface area contributed by atoms with Gasteiger partial charge in [-0.1, -0.05) is 18.7 Å². The summed E-state index contributed by atoms with van der Waals surface area (Å²) in [6.07, 6.45) is 9.30. The topological polar surface area (TPSA) is 71.7 Å². The van der Waals surface area contributed by atoms with Gasteiger partial charge in [0.25, 0.3) is 0 Å². The lowest BCUT2D eigenvalue weighted by atomic mass is 9.97. The van der Waals surface area contributed by atoms with E-state index in [-0.39, 0.29) is 11.8 Å². The van der Waals surface area contributed by atoms with Gasteiger partial charge >= 0.3 is 0 Å². The van der Waals surface area contributed by atoms with Crippen LogP contribution in [0.4, 0.5) is 0 Å². The molecule has 0 bridgehead atoms. The lowest BCUT2D eigenvalue weighted by molar-refractivity contribution is 0.371. The molecule has 3 heterocycles.